The first-order valence-electron chi connectivity index (χ1n) is 9.20. The number of carbonyl (C=O) groups is 1. The summed E-state index contributed by atoms with van der Waals surface area (Å²) < 4.78 is 36.6. The van der Waals surface area contributed by atoms with Gasteiger partial charge in [-0.25, -0.2) is 9.79 Å². The number of cyclic esters (lactones) is 1. The average Bonchev–Trinajstić information content (AvgIpc) is 3.11. The second-order valence-electron chi connectivity index (χ2n) is 6.73. The molecule has 31 heavy (non-hydrogen) atoms. The van der Waals surface area contributed by atoms with Crippen LogP contribution in [0, 0.1) is 6.92 Å². The number of hydrogen-bond donors (Lipinski definition) is 0. The Morgan fingerprint density at radius 1 is 1.00 bits per heavy atom. The van der Waals surface area contributed by atoms with Gasteiger partial charge in [-0.15, -0.1) is 0 Å². The van der Waals surface area contributed by atoms with Gasteiger partial charge in [0.1, 0.15) is 10.6 Å². The van der Waals surface area contributed by atoms with Crippen molar-refractivity contribution in [3.63, 3.8) is 0 Å². The van der Waals surface area contributed by atoms with Gasteiger partial charge >= 0.3 is 16.1 Å². The summed E-state index contributed by atoms with van der Waals surface area (Å²) in [6.45, 7) is 1.95. The van der Waals surface area contributed by atoms with Crippen molar-refractivity contribution in [3.8, 4) is 5.75 Å². The Kier molecular flexibility index (Phi) is 5.75. The van der Waals surface area contributed by atoms with Crippen LogP contribution in [-0.4, -0.2) is 20.3 Å². The molecule has 1 aliphatic rings. The molecule has 0 atom stereocenters. The zero-order valence-electron chi connectivity index (χ0n) is 16.3. The van der Waals surface area contributed by atoms with Crippen LogP contribution in [0.3, 0.4) is 0 Å². The number of nitrogens with zero attached hydrogens (tertiary/aromatic N) is 1. The van der Waals surface area contributed by atoms with Crippen molar-refractivity contribution in [1.29, 1.82) is 0 Å². The van der Waals surface area contributed by atoms with Crippen molar-refractivity contribution >= 4 is 44.0 Å². The normalized spacial score (nSPS) is 15.0. The molecule has 1 heterocycles. The number of esters is 1. The molecule has 0 aliphatic carbocycles. The Hall–Kier alpha value is -3.23. The molecule has 156 valence electrons. The minimum Gasteiger partial charge on any atom is -0.402 e. The van der Waals surface area contributed by atoms with Crippen LogP contribution in [0.5, 0.6) is 5.75 Å². The van der Waals surface area contributed by atoms with Crippen molar-refractivity contribution < 1.29 is 22.1 Å². The summed E-state index contributed by atoms with van der Waals surface area (Å²) >= 11 is 3.35. The lowest BCUT2D eigenvalue weighted by Gasteiger charge is -2.10. The number of carbonyl (C=O) groups excluding carboxylic acids is 1. The second kappa shape index (κ2) is 8.49. The summed E-state index contributed by atoms with van der Waals surface area (Å²) in [5.74, 6) is -0.385. The maximum absolute atomic E-state index is 12.6. The van der Waals surface area contributed by atoms with E-state index in [1.54, 1.807) is 30.3 Å². The van der Waals surface area contributed by atoms with Gasteiger partial charge in [0, 0.05) is 15.6 Å². The van der Waals surface area contributed by atoms with Gasteiger partial charge in [-0.1, -0.05) is 51.8 Å². The van der Waals surface area contributed by atoms with E-state index in [0.717, 1.165) is 5.56 Å². The van der Waals surface area contributed by atoms with Gasteiger partial charge in [0.05, 0.1) is 0 Å². The maximum atomic E-state index is 12.6. The lowest BCUT2D eigenvalue weighted by Crippen LogP contribution is -2.10. The molecule has 0 amide bonds. The third kappa shape index (κ3) is 4.76. The number of benzene rings is 3. The van der Waals surface area contributed by atoms with Crippen molar-refractivity contribution in [1.82, 2.24) is 0 Å². The molecule has 0 saturated carbocycles. The van der Waals surface area contributed by atoms with Crippen molar-refractivity contribution in [2.45, 2.75) is 11.8 Å². The van der Waals surface area contributed by atoms with Gasteiger partial charge in [-0.3, -0.25) is 0 Å². The Bertz CT molecular complexity index is 1310. The maximum Gasteiger partial charge on any atom is 0.363 e. The summed E-state index contributed by atoms with van der Waals surface area (Å²) in [6, 6.07) is 20.0. The van der Waals surface area contributed by atoms with Crippen LogP contribution >= 0.6 is 15.9 Å². The minimum absolute atomic E-state index is 0.0245. The van der Waals surface area contributed by atoms with Crippen LogP contribution in [-0.2, 0) is 19.6 Å². The van der Waals surface area contributed by atoms with Crippen LogP contribution in [0.2, 0.25) is 0 Å². The molecule has 1 aliphatic heterocycles. The van der Waals surface area contributed by atoms with Crippen molar-refractivity contribution in [2.75, 3.05) is 0 Å². The lowest BCUT2D eigenvalue weighted by atomic mass is 10.1. The van der Waals surface area contributed by atoms with Gasteiger partial charge in [-0.05, 0) is 55.5 Å². The summed E-state index contributed by atoms with van der Waals surface area (Å²) in [4.78, 5) is 16.7. The highest BCUT2D eigenvalue weighted by molar-refractivity contribution is 9.10. The van der Waals surface area contributed by atoms with E-state index in [9.17, 15) is 13.2 Å². The Morgan fingerprint density at radius 3 is 2.42 bits per heavy atom. The highest BCUT2D eigenvalue weighted by Gasteiger charge is 2.25. The van der Waals surface area contributed by atoms with Gasteiger partial charge < -0.3 is 8.92 Å². The number of halogens is 1. The van der Waals surface area contributed by atoms with E-state index in [1.165, 1.54) is 24.3 Å². The first-order chi connectivity index (χ1) is 14.8. The summed E-state index contributed by atoms with van der Waals surface area (Å²) in [5, 5.41) is 0. The van der Waals surface area contributed by atoms with Crippen molar-refractivity contribution in [2.24, 2.45) is 4.99 Å². The van der Waals surface area contributed by atoms with E-state index in [-0.39, 0.29) is 22.2 Å². The Balaban J connectivity index is 1.70. The smallest absolute Gasteiger partial charge is 0.363 e. The van der Waals surface area contributed by atoms with Gasteiger partial charge in [0.2, 0.25) is 5.90 Å². The molecular formula is C23H16BrNO5S. The molecule has 0 spiro atoms. The number of rotatable bonds is 5. The predicted molar refractivity (Wildman–Crippen MR) is 120 cm³/mol. The van der Waals surface area contributed by atoms with E-state index < -0.39 is 16.1 Å². The molecule has 0 fully saturated rings. The quantitative estimate of drug-likeness (QED) is 0.285. The third-order valence-corrected chi connectivity index (χ3v) is 6.16. The van der Waals surface area contributed by atoms with Gasteiger partial charge in [0.25, 0.3) is 0 Å². The van der Waals surface area contributed by atoms with E-state index in [1.807, 2.05) is 31.2 Å². The number of aryl methyl sites for hydroxylation is 1. The van der Waals surface area contributed by atoms with Gasteiger partial charge in [-0.2, -0.15) is 8.42 Å². The fourth-order valence-corrected chi connectivity index (χ4v) is 4.19. The van der Waals surface area contributed by atoms with Gasteiger partial charge in [0.15, 0.2) is 5.70 Å². The van der Waals surface area contributed by atoms with Crippen molar-refractivity contribution in [3.05, 3.63) is 99.7 Å². The molecule has 8 heteroatoms. The molecule has 0 aromatic heterocycles. The van der Waals surface area contributed by atoms with E-state index >= 15 is 0 Å². The molecule has 0 radical (unpaired) electrons. The first kappa shape index (κ1) is 21.0. The Labute approximate surface area is 188 Å². The fourth-order valence-electron chi connectivity index (χ4n) is 2.84. The summed E-state index contributed by atoms with van der Waals surface area (Å²) in [6.07, 6.45) is 1.43. The van der Waals surface area contributed by atoms with Crippen LogP contribution in [0.4, 0.5) is 0 Å². The summed E-state index contributed by atoms with van der Waals surface area (Å²) in [5.41, 5.74) is 2.13. The minimum atomic E-state index is -4.05. The SMILES string of the molecule is Cc1ccc(C2=NC(=Cc3cc(Br)ccc3OS(=O)(=O)c3ccccc3)C(=O)O2)cc1. The monoisotopic (exact) mass is 497 g/mol. The molecular weight excluding hydrogens is 482 g/mol. The highest BCUT2D eigenvalue weighted by atomic mass is 79.9. The predicted octanol–water partition coefficient (Wildman–Crippen LogP) is 4.87. The highest BCUT2D eigenvalue weighted by Crippen LogP contribution is 2.30. The summed E-state index contributed by atoms with van der Waals surface area (Å²) in [7, 11) is -4.05. The largest absolute Gasteiger partial charge is 0.402 e. The molecule has 0 saturated heterocycles. The molecule has 0 N–H and O–H groups in total. The zero-order valence-corrected chi connectivity index (χ0v) is 18.7. The molecule has 6 nitrogen and oxygen atoms in total. The van der Waals surface area contributed by atoms with Crippen LogP contribution in [0.25, 0.3) is 6.08 Å². The molecule has 0 unspecified atom stereocenters. The standard InChI is InChI=1S/C23H16BrNO5S/c1-15-7-9-16(10-8-15)22-25-20(23(26)29-22)14-17-13-18(24)11-12-21(17)30-31(27,28)19-5-3-2-4-6-19/h2-14H,1H3. The second-order valence-corrected chi connectivity index (χ2v) is 9.20. The fraction of sp³-hybridized carbons (Fsp3) is 0.0435. The number of ether oxygens (including phenoxy) is 1. The lowest BCUT2D eigenvalue weighted by molar-refractivity contribution is -0.129. The molecule has 4 rings (SSSR count). The topological polar surface area (TPSA) is 82.0 Å². The third-order valence-electron chi connectivity index (χ3n) is 4.41. The van der Waals surface area contributed by atoms with Crippen LogP contribution in [0.15, 0.2) is 92.9 Å². The van der Waals surface area contributed by atoms with E-state index in [2.05, 4.69) is 20.9 Å². The number of aliphatic imine (C=N–C) groups is 1. The zero-order chi connectivity index (χ0) is 22.0. The molecule has 0 bridgehead atoms. The first-order valence-corrected chi connectivity index (χ1v) is 11.4. The number of hydrogen-bond acceptors (Lipinski definition) is 6. The molecule has 3 aromatic rings. The molecule has 3 aromatic carbocycles. The van der Waals surface area contributed by atoms with Crippen LogP contribution < -0.4 is 4.18 Å². The van der Waals surface area contributed by atoms with E-state index in [4.69, 9.17) is 8.92 Å². The van der Waals surface area contributed by atoms with E-state index in [0.29, 0.717) is 15.6 Å². The Morgan fingerprint density at radius 2 is 1.71 bits per heavy atom. The average molecular weight is 498 g/mol. The van der Waals surface area contributed by atoms with Crippen LogP contribution in [0.1, 0.15) is 16.7 Å².